The Labute approximate surface area is 106 Å². The molecule has 0 aliphatic rings. The summed E-state index contributed by atoms with van der Waals surface area (Å²) in [5.41, 5.74) is 10.9. The normalized spacial score (nSPS) is 10.9. The minimum atomic E-state index is 0.768. The summed E-state index contributed by atoms with van der Waals surface area (Å²) < 4.78 is 0. The summed E-state index contributed by atoms with van der Waals surface area (Å²) in [7, 11) is 0. The van der Waals surface area contributed by atoms with Gasteiger partial charge >= 0.3 is 0 Å². The number of aromatic amines is 1. The average Bonchev–Trinajstić information content (AvgIpc) is 2.83. The fraction of sp³-hybridized carbons (Fsp3) is 0.133. The number of imidazole rings is 1. The highest BCUT2D eigenvalue weighted by molar-refractivity contribution is 5.82. The van der Waals surface area contributed by atoms with Crippen LogP contribution in [0.3, 0.4) is 0 Å². The standard InChI is InChI=1S/C15H15N3/c1-2-10-4-3-5-13-14(10)18-15(17-13)11-6-8-12(16)9-7-11/h3-9H,2,16H2,1H3,(H,17,18). The van der Waals surface area contributed by atoms with Crippen LogP contribution in [0.2, 0.25) is 0 Å². The van der Waals surface area contributed by atoms with Crippen LogP contribution in [0, 0.1) is 0 Å². The monoisotopic (exact) mass is 237 g/mol. The van der Waals surface area contributed by atoms with Crippen LogP contribution in [-0.4, -0.2) is 9.97 Å². The van der Waals surface area contributed by atoms with E-state index in [4.69, 9.17) is 5.73 Å². The zero-order valence-electron chi connectivity index (χ0n) is 10.3. The van der Waals surface area contributed by atoms with E-state index >= 15 is 0 Å². The van der Waals surface area contributed by atoms with Gasteiger partial charge in [-0.1, -0.05) is 19.1 Å². The molecule has 3 N–H and O–H groups in total. The van der Waals surface area contributed by atoms with Crippen LogP contribution in [0.15, 0.2) is 42.5 Å². The number of anilines is 1. The second kappa shape index (κ2) is 4.18. The molecule has 18 heavy (non-hydrogen) atoms. The third-order valence-corrected chi connectivity index (χ3v) is 3.16. The van der Waals surface area contributed by atoms with Gasteiger partial charge in [0.2, 0.25) is 0 Å². The van der Waals surface area contributed by atoms with Crippen molar-refractivity contribution < 1.29 is 0 Å². The molecule has 3 rings (SSSR count). The van der Waals surface area contributed by atoms with Gasteiger partial charge in [-0.2, -0.15) is 0 Å². The summed E-state index contributed by atoms with van der Waals surface area (Å²) in [6.07, 6.45) is 0.989. The number of nitrogen functional groups attached to an aromatic ring is 1. The van der Waals surface area contributed by atoms with Crippen molar-refractivity contribution in [3.05, 3.63) is 48.0 Å². The maximum Gasteiger partial charge on any atom is 0.138 e. The second-order valence-corrected chi connectivity index (χ2v) is 4.37. The van der Waals surface area contributed by atoms with E-state index in [1.54, 1.807) is 0 Å². The summed E-state index contributed by atoms with van der Waals surface area (Å²) in [6, 6.07) is 14.0. The number of para-hydroxylation sites is 1. The molecule has 0 aliphatic carbocycles. The third kappa shape index (κ3) is 1.74. The molecule has 90 valence electrons. The fourth-order valence-electron chi connectivity index (χ4n) is 2.15. The Morgan fingerprint density at radius 2 is 1.89 bits per heavy atom. The Hall–Kier alpha value is -2.29. The van der Waals surface area contributed by atoms with E-state index in [0.29, 0.717) is 0 Å². The van der Waals surface area contributed by atoms with Crippen LogP contribution in [0.1, 0.15) is 12.5 Å². The maximum absolute atomic E-state index is 5.69. The average molecular weight is 237 g/mol. The van der Waals surface area contributed by atoms with E-state index in [9.17, 15) is 0 Å². The van der Waals surface area contributed by atoms with Crippen molar-refractivity contribution in [2.45, 2.75) is 13.3 Å². The molecule has 0 aliphatic heterocycles. The Kier molecular flexibility index (Phi) is 2.52. The Morgan fingerprint density at radius 1 is 1.11 bits per heavy atom. The van der Waals surface area contributed by atoms with Crippen molar-refractivity contribution in [1.82, 2.24) is 9.97 Å². The predicted molar refractivity (Wildman–Crippen MR) is 75.3 cm³/mol. The van der Waals surface area contributed by atoms with Gasteiger partial charge in [0.05, 0.1) is 11.0 Å². The Balaban J connectivity index is 2.16. The largest absolute Gasteiger partial charge is 0.399 e. The smallest absolute Gasteiger partial charge is 0.138 e. The van der Waals surface area contributed by atoms with Gasteiger partial charge in [-0.3, -0.25) is 0 Å². The topological polar surface area (TPSA) is 54.7 Å². The van der Waals surface area contributed by atoms with Gasteiger partial charge in [-0.15, -0.1) is 0 Å². The van der Waals surface area contributed by atoms with Gasteiger partial charge < -0.3 is 10.7 Å². The van der Waals surface area contributed by atoms with E-state index in [1.807, 2.05) is 24.3 Å². The minimum Gasteiger partial charge on any atom is -0.399 e. The highest BCUT2D eigenvalue weighted by atomic mass is 14.9. The first-order valence-electron chi connectivity index (χ1n) is 6.11. The summed E-state index contributed by atoms with van der Waals surface area (Å²) >= 11 is 0. The van der Waals surface area contributed by atoms with E-state index in [0.717, 1.165) is 34.5 Å². The zero-order chi connectivity index (χ0) is 12.5. The van der Waals surface area contributed by atoms with Crippen molar-refractivity contribution in [3.63, 3.8) is 0 Å². The van der Waals surface area contributed by atoms with Crippen molar-refractivity contribution in [1.29, 1.82) is 0 Å². The number of hydrogen-bond acceptors (Lipinski definition) is 2. The third-order valence-electron chi connectivity index (χ3n) is 3.16. The number of benzene rings is 2. The molecular weight excluding hydrogens is 222 g/mol. The summed E-state index contributed by atoms with van der Waals surface area (Å²) in [4.78, 5) is 8.04. The number of fused-ring (bicyclic) bond motifs is 1. The van der Waals surface area contributed by atoms with E-state index in [2.05, 4.69) is 35.1 Å². The number of nitrogens with two attached hydrogens (primary N) is 1. The van der Waals surface area contributed by atoms with Crippen molar-refractivity contribution >= 4 is 16.7 Å². The molecule has 1 aromatic heterocycles. The first kappa shape index (κ1) is 10.8. The number of H-pyrrole nitrogens is 1. The molecule has 0 saturated carbocycles. The quantitative estimate of drug-likeness (QED) is 0.671. The highest BCUT2D eigenvalue weighted by Crippen LogP contribution is 2.23. The lowest BCUT2D eigenvalue weighted by atomic mass is 10.1. The number of rotatable bonds is 2. The number of nitrogens with zero attached hydrogens (tertiary/aromatic N) is 1. The van der Waals surface area contributed by atoms with Gasteiger partial charge in [0.25, 0.3) is 0 Å². The van der Waals surface area contributed by atoms with Gasteiger partial charge in [0.1, 0.15) is 5.82 Å². The van der Waals surface area contributed by atoms with Crippen LogP contribution in [0.4, 0.5) is 5.69 Å². The minimum absolute atomic E-state index is 0.768. The van der Waals surface area contributed by atoms with Crippen LogP contribution in [0.25, 0.3) is 22.4 Å². The molecule has 3 nitrogen and oxygen atoms in total. The zero-order valence-corrected chi connectivity index (χ0v) is 10.3. The van der Waals surface area contributed by atoms with Crippen LogP contribution < -0.4 is 5.73 Å². The van der Waals surface area contributed by atoms with E-state index in [-0.39, 0.29) is 0 Å². The molecule has 3 aromatic rings. The molecule has 0 radical (unpaired) electrons. The summed E-state index contributed by atoms with van der Waals surface area (Å²) in [5, 5.41) is 0. The lowest BCUT2D eigenvalue weighted by molar-refractivity contribution is 1.15. The number of nitrogens with one attached hydrogen (secondary N) is 1. The van der Waals surface area contributed by atoms with Gasteiger partial charge in [0.15, 0.2) is 0 Å². The molecule has 2 aromatic carbocycles. The molecular formula is C15H15N3. The molecule has 0 unspecified atom stereocenters. The summed E-state index contributed by atoms with van der Waals surface area (Å²) in [6.45, 7) is 2.15. The molecule has 0 spiro atoms. The molecule has 3 heteroatoms. The van der Waals surface area contributed by atoms with Crippen LogP contribution in [0.5, 0.6) is 0 Å². The van der Waals surface area contributed by atoms with E-state index < -0.39 is 0 Å². The van der Waals surface area contributed by atoms with Crippen LogP contribution in [-0.2, 0) is 6.42 Å². The van der Waals surface area contributed by atoms with E-state index in [1.165, 1.54) is 5.56 Å². The number of aryl methyl sites for hydroxylation is 1. The lowest BCUT2D eigenvalue weighted by Gasteiger charge is -1.96. The molecule has 1 heterocycles. The highest BCUT2D eigenvalue weighted by Gasteiger charge is 2.07. The van der Waals surface area contributed by atoms with Crippen molar-refractivity contribution in [2.24, 2.45) is 0 Å². The van der Waals surface area contributed by atoms with Crippen molar-refractivity contribution in [2.75, 3.05) is 5.73 Å². The van der Waals surface area contributed by atoms with Gasteiger partial charge in [-0.05, 0) is 42.3 Å². The molecule has 0 fully saturated rings. The maximum atomic E-state index is 5.69. The first-order chi connectivity index (χ1) is 8.78. The molecule has 0 saturated heterocycles. The van der Waals surface area contributed by atoms with Gasteiger partial charge in [0, 0.05) is 11.3 Å². The predicted octanol–water partition coefficient (Wildman–Crippen LogP) is 3.37. The number of aromatic nitrogens is 2. The Morgan fingerprint density at radius 3 is 2.61 bits per heavy atom. The van der Waals surface area contributed by atoms with Crippen LogP contribution >= 0.6 is 0 Å². The SMILES string of the molecule is CCc1cccc2[nH]c(-c3ccc(N)cc3)nc12. The van der Waals surface area contributed by atoms with Gasteiger partial charge in [-0.25, -0.2) is 4.98 Å². The van der Waals surface area contributed by atoms with Crippen molar-refractivity contribution in [3.8, 4) is 11.4 Å². The second-order valence-electron chi connectivity index (χ2n) is 4.37. The Bertz CT molecular complexity index is 681. The molecule has 0 atom stereocenters. The number of hydrogen-bond donors (Lipinski definition) is 2. The summed E-state index contributed by atoms with van der Waals surface area (Å²) in [5.74, 6) is 0.894. The molecule has 0 bridgehead atoms. The molecule has 0 amide bonds. The first-order valence-corrected chi connectivity index (χ1v) is 6.11. The lowest BCUT2D eigenvalue weighted by Crippen LogP contribution is -1.85. The fourth-order valence-corrected chi connectivity index (χ4v) is 2.15.